The van der Waals surface area contributed by atoms with Crippen LogP contribution in [-0.4, -0.2) is 31.0 Å². The third kappa shape index (κ3) is 3.54. The molecule has 2 aromatic carbocycles. The van der Waals surface area contributed by atoms with Crippen molar-refractivity contribution in [3.8, 4) is 22.8 Å². The molecule has 0 radical (unpaired) electrons. The van der Waals surface area contributed by atoms with Crippen molar-refractivity contribution in [1.29, 1.82) is 0 Å². The Hall–Kier alpha value is -3.04. The van der Waals surface area contributed by atoms with E-state index >= 15 is 0 Å². The summed E-state index contributed by atoms with van der Waals surface area (Å²) in [5.41, 5.74) is 2.23. The summed E-state index contributed by atoms with van der Waals surface area (Å²) in [6, 6.07) is 11.8. The maximum absolute atomic E-state index is 12.8. The van der Waals surface area contributed by atoms with Crippen LogP contribution in [0.3, 0.4) is 0 Å². The Morgan fingerprint density at radius 3 is 2.62 bits per heavy atom. The van der Waals surface area contributed by atoms with E-state index in [0.717, 1.165) is 22.6 Å². The molecule has 3 heterocycles. The van der Waals surface area contributed by atoms with Gasteiger partial charge in [-0.15, -0.1) is 11.3 Å². The number of sulfonamides is 1. The summed E-state index contributed by atoms with van der Waals surface area (Å²) in [5.74, 6) is 1.01. The van der Waals surface area contributed by atoms with Gasteiger partial charge < -0.3 is 9.47 Å². The lowest BCUT2D eigenvalue weighted by Gasteiger charge is -2.11. The fourth-order valence-electron chi connectivity index (χ4n) is 3.10. The van der Waals surface area contributed by atoms with Gasteiger partial charge in [0.05, 0.1) is 23.8 Å². The van der Waals surface area contributed by atoms with E-state index in [1.807, 2.05) is 34.3 Å². The molecule has 0 fully saturated rings. The summed E-state index contributed by atoms with van der Waals surface area (Å²) in [6.45, 7) is 1.05. The lowest BCUT2D eigenvalue weighted by Crippen LogP contribution is -2.13. The molecule has 5 rings (SSSR count). The van der Waals surface area contributed by atoms with E-state index in [9.17, 15) is 8.42 Å². The standard InChI is InChI=1S/C20H17N3O4S2/c24-29(25,16-6-7-18-19(12-16)27-10-1-9-26-18)22-15-4-2-14(3-5-15)17-13-23-8-11-28-20(23)21-17/h2-8,11-13,22H,1,9-10H2. The van der Waals surface area contributed by atoms with Crippen molar-refractivity contribution in [1.82, 2.24) is 9.38 Å². The Kier molecular flexibility index (Phi) is 4.40. The molecule has 0 aliphatic carbocycles. The molecule has 2 aromatic heterocycles. The number of nitrogens with zero attached hydrogens (tertiary/aromatic N) is 2. The zero-order valence-corrected chi connectivity index (χ0v) is 16.9. The van der Waals surface area contributed by atoms with Gasteiger partial charge in [-0.3, -0.25) is 9.12 Å². The van der Waals surface area contributed by atoms with Crippen LogP contribution in [0.2, 0.25) is 0 Å². The van der Waals surface area contributed by atoms with Crippen molar-refractivity contribution in [2.45, 2.75) is 11.3 Å². The molecule has 0 spiro atoms. The molecule has 0 saturated heterocycles. The van der Waals surface area contributed by atoms with Crippen molar-refractivity contribution >= 4 is 32.0 Å². The lowest BCUT2D eigenvalue weighted by atomic mass is 10.1. The fraction of sp³-hybridized carbons (Fsp3) is 0.150. The largest absolute Gasteiger partial charge is 0.490 e. The predicted molar refractivity (Wildman–Crippen MR) is 111 cm³/mol. The van der Waals surface area contributed by atoms with Gasteiger partial charge in [-0.1, -0.05) is 12.1 Å². The van der Waals surface area contributed by atoms with Gasteiger partial charge in [0.15, 0.2) is 16.5 Å². The Morgan fingerprint density at radius 1 is 1.03 bits per heavy atom. The first kappa shape index (κ1) is 18.0. The molecule has 9 heteroatoms. The van der Waals surface area contributed by atoms with Crippen LogP contribution in [0.5, 0.6) is 11.5 Å². The number of anilines is 1. The number of benzene rings is 2. The summed E-state index contributed by atoms with van der Waals surface area (Å²) in [5, 5.41) is 1.98. The first-order valence-corrected chi connectivity index (χ1v) is 11.4. The Labute approximate surface area is 171 Å². The molecule has 148 valence electrons. The zero-order valence-electron chi connectivity index (χ0n) is 15.2. The molecule has 4 aromatic rings. The number of nitrogens with one attached hydrogen (secondary N) is 1. The predicted octanol–water partition coefficient (Wildman–Crippen LogP) is 4.02. The fourth-order valence-corrected chi connectivity index (χ4v) is 4.87. The van der Waals surface area contributed by atoms with E-state index in [1.54, 1.807) is 29.5 Å². The molecule has 1 N–H and O–H groups in total. The topological polar surface area (TPSA) is 81.9 Å². The monoisotopic (exact) mass is 427 g/mol. The van der Waals surface area contributed by atoms with Crippen LogP contribution in [-0.2, 0) is 10.0 Å². The van der Waals surface area contributed by atoms with Crippen LogP contribution in [0, 0.1) is 0 Å². The Balaban J connectivity index is 1.37. The lowest BCUT2D eigenvalue weighted by molar-refractivity contribution is 0.297. The molecule has 0 unspecified atom stereocenters. The van der Waals surface area contributed by atoms with E-state index < -0.39 is 10.0 Å². The normalized spacial score (nSPS) is 13.9. The smallest absolute Gasteiger partial charge is 0.262 e. The van der Waals surface area contributed by atoms with Crippen molar-refractivity contribution in [2.24, 2.45) is 0 Å². The van der Waals surface area contributed by atoms with E-state index in [0.29, 0.717) is 30.4 Å². The molecule has 1 aliphatic rings. The second-order valence-electron chi connectivity index (χ2n) is 6.56. The highest BCUT2D eigenvalue weighted by Gasteiger charge is 2.19. The van der Waals surface area contributed by atoms with Crippen molar-refractivity contribution in [3.05, 3.63) is 60.2 Å². The van der Waals surface area contributed by atoms with Crippen LogP contribution in [0.25, 0.3) is 16.2 Å². The molecule has 0 atom stereocenters. The second kappa shape index (κ2) is 7.09. The summed E-state index contributed by atoms with van der Waals surface area (Å²) in [6.07, 6.45) is 4.66. The van der Waals surface area contributed by atoms with E-state index in [1.165, 1.54) is 12.1 Å². The van der Waals surface area contributed by atoms with Gasteiger partial charge in [0, 0.05) is 41.5 Å². The maximum Gasteiger partial charge on any atom is 0.262 e. The minimum Gasteiger partial charge on any atom is -0.490 e. The number of hydrogen-bond donors (Lipinski definition) is 1. The van der Waals surface area contributed by atoms with Gasteiger partial charge >= 0.3 is 0 Å². The number of thiazole rings is 1. The van der Waals surface area contributed by atoms with Crippen molar-refractivity contribution in [2.75, 3.05) is 17.9 Å². The zero-order chi connectivity index (χ0) is 19.8. The minimum atomic E-state index is -3.75. The van der Waals surface area contributed by atoms with Gasteiger partial charge in [-0.25, -0.2) is 13.4 Å². The average Bonchev–Trinajstić information content (AvgIpc) is 3.23. The first-order valence-electron chi connectivity index (χ1n) is 9.04. The minimum absolute atomic E-state index is 0.125. The van der Waals surface area contributed by atoms with Gasteiger partial charge in [-0.05, 0) is 24.3 Å². The van der Waals surface area contributed by atoms with E-state index in [-0.39, 0.29) is 4.90 Å². The number of fused-ring (bicyclic) bond motifs is 2. The summed E-state index contributed by atoms with van der Waals surface area (Å²) < 4.78 is 41.3. The van der Waals surface area contributed by atoms with Crippen LogP contribution >= 0.6 is 11.3 Å². The quantitative estimate of drug-likeness (QED) is 0.532. The molecular formula is C20H17N3O4S2. The summed E-state index contributed by atoms with van der Waals surface area (Å²) in [7, 11) is -3.75. The molecular weight excluding hydrogens is 410 g/mol. The van der Waals surface area contributed by atoms with Crippen molar-refractivity contribution in [3.63, 3.8) is 0 Å². The van der Waals surface area contributed by atoms with Crippen LogP contribution < -0.4 is 14.2 Å². The van der Waals surface area contributed by atoms with Crippen molar-refractivity contribution < 1.29 is 17.9 Å². The van der Waals surface area contributed by atoms with Crippen LogP contribution in [0.1, 0.15) is 6.42 Å². The Bertz CT molecular complexity index is 1250. The highest BCUT2D eigenvalue weighted by atomic mass is 32.2. The van der Waals surface area contributed by atoms with E-state index in [4.69, 9.17) is 9.47 Å². The number of hydrogen-bond acceptors (Lipinski definition) is 6. The van der Waals surface area contributed by atoms with Crippen LogP contribution in [0.4, 0.5) is 5.69 Å². The van der Waals surface area contributed by atoms with Gasteiger partial charge in [-0.2, -0.15) is 0 Å². The van der Waals surface area contributed by atoms with Crippen LogP contribution in [0.15, 0.2) is 65.1 Å². The van der Waals surface area contributed by atoms with E-state index in [2.05, 4.69) is 9.71 Å². The molecule has 0 saturated carbocycles. The van der Waals surface area contributed by atoms with Gasteiger partial charge in [0.2, 0.25) is 0 Å². The molecule has 1 aliphatic heterocycles. The average molecular weight is 428 g/mol. The molecule has 0 amide bonds. The highest BCUT2D eigenvalue weighted by molar-refractivity contribution is 7.92. The summed E-state index contributed by atoms with van der Waals surface area (Å²) >= 11 is 1.56. The SMILES string of the molecule is O=S(=O)(Nc1ccc(-c2cn3ccsc3n2)cc1)c1ccc2c(c1)OCCCO2. The third-order valence-corrected chi connectivity index (χ3v) is 6.71. The molecule has 7 nitrogen and oxygen atoms in total. The number of aromatic nitrogens is 2. The third-order valence-electron chi connectivity index (χ3n) is 4.56. The Morgan fingerprint density at radius 2 is 1.83 bits per heavy atom. The number of imidazole rings is 1. The molecule has 29 heavy (non-hydrogen) atoms. The summed E-state index contributed by atoms with van der Waals surface area (Å²) in [4.78, 5) is 5.60. The molecule has 0 bridgehead atoms. The second-order valence-corrected chi connectivity index (χ2v) is 9.12. The first-order chi connectivity index (χ1) is 14.1. The number of ether oxygens (including phenoxy) is 2. The maximum atomic E-state index is 12.8. The van der Waals surface area contributed by atoms with Gasteiger partial charge in [0.25, 0.3) is 10.0 Å². The number of rotatable bonds is 4. The van der Waals surface area contributed by atoms with Gasteiger partial charge in [0.1, 0.15) is 0 Å². The highest BCUT2D eigenvalue weighted by Crippen LogP contribution is 2.32.